The number of rotatable bonds is 2. The molecule has 0 heterocycles. The van der Waals surface area contributed by atoms with Crippen molar-refractivity contribution in [2.75, 3.05) is 14.1 Å². The first-order chi connectivity index (χ1) is 6.84. The molecule has 1 aromatic rings. The first-order valence-electron chi connectivity index (χ1n) is 4.35. The fraction of sp³-hybridized carbons (Fsp3) is 0.400. The molecule has 84 valence electrons. The summed E-state index contributed by atoms with van der Waals surface area (Å²) >= 11 is 0. The maximum Gasteiger partial charge on any atom is 0.408 e. The lowest BCUT2D eigenvalue weighted by molar-refractivity contribution is -0.179. The van der Waals surface area contributed by atoms with Gasteiger partial charge < -0.3 is 5.11 Å². The van der Waals surface area contributed by atoms with Gasteiger partial charge in [0.2, 0.25) is 0 Å². The van der Waals surface area contributed by atoms with Gasteiger partial charge >= 0.3 is 6.18 Å². The Bertz CT molecular complexity index is 336. The van der Waals surface area contributed by atoms with Gasteiger partial charge in [0.15, 0.2) is 0 Å². The molecule has 0 bridgehead atoms. The Morgan fingerprint density at radius 3 is 2.13 bits per heavy atom. The van der Waals surface area contributed by atoms with Crippen LogP contribution in [0.3, 0.4) is 0 Å². The number of hydrogen-bond donors (Lipinski definition) is 1. The number of benzene rings is 1. The van der Waals surface area contributed by atoms with Crippen LogP contribution in [-0.2, 0) is 0 Å². The average Bonchev–Trinajstić information content (AvgIpc) is 2.05. The van der Waals surface area contributed by atoms with Gasteiger partial charge in [0, 0.05) is 5.56 Å². The maximum atomic E-state index is 12.7. The molecule has 0 fully saturated rings. The number of halogens is 3. The predicted octanol–water partition coefficient (Wildman–Crippen LogP) is 2.56. The van der Waals surface area contributed by atoms with Crippen molar-refractivity contribution >= 4 is 0 Å². The summed E-state index contributed by atoms with van der Waals surface area (Å²) in [6.07, 6.45) is -4.40. The van der Waals surface area contributed by atoms with Crippen LogP contribution in [0.5, 0.6) is 5.75 Å². The average molecular weight is 219 g/mol. The molecule has 1 N–H and O–H groups in total. The Kier molecular flexibility index (Phi) is 3.24. The lowest BCUT2D eigenvalue weighted by atomic mass is 10.0. The van der Waals surface area contributed by atoms with Crippen molar-refractivity contribution in [1.82, 2.24) is 4.90 Å². The van der Waals surface area contributed by atoms with E-state index < -0.39 is 12.2 Å². The summed E-state index contributed by atoms with van der Waals surface area (Å²) in [7, 11) is 2.65. The fourth-order valence-electron chi connectivity index (χ4n) is 1.47. The van der Waals surface area contributed by atoms with Crippen molar-refractivity contribution in [3.8, 4) is 5.75 Å². The molecule has 1 rings (SSSR count). The van der Waals surface area contributed by atoms with E-state index in [0.717, 1.165) is 4.90 Å². The van der Waals surface area contributed by atoms with E-state index in [1.165, 1.54) is 38.4 Å². The van der Waals surface area contributed by atoms with Crippen molar-refractivity contribution in [1.29, 1.82) is 0 Å². The van der Waals surface area contributed by atoms with Gasteiger partial charge in [-0.05, 0) is 20.2 Å². The van der Waals surface area contributed by atoms with E-state index in [2.05, 4.69) is 0 Å². The SMILES string of the molecule is CN(C)C(c1ccccc1O)C(F)(F)F. The van der Waals surface area contributed by atoms with E-state index in [0.29, 0.717) is 0 Å². The lowest BCUT2D eigenvalue weighted by Gasteiger charge is -2.27. The van der Waals surface area contributed by atoms with Gasteiger partial charge in [-0.1, -0.05) is 18.2 Å². The van der Waals surface area contributed by atoms with Crippen LogP contribution in [0.15, 0.2) is 24.3 Å². The summed E-state index contributed by atoms with van der Waals surface area (Å²) in [6.45, 7) is 0. The van der Waals surface area contributed by atoms with Crippen molar-refractivity contribution in [3.63, 3.8) is 0 Å². The third kappa shape index (κ3) is 2.62. The minimum Gasteiger partial charge on any atom is -0.508 e. The van der Waals surface area contributed by atoms with E-state index in [-0.39, 0.29) is 11.3 Å². The molecule has 0 amide bonds. The fourth-order valence-corrected chi connectivity index (χ4v) is 1.47. The number of phenols is 1. The van der Waals surface area contributed by atoms with Crippen molar-refractivity contribution in [3.05, 3.63) is 29.8 Å². The van der Waals surface area contributed by atoms with Crippen LogP contribution in [0, 0.1) is 0 Å². The molecule has 1 aromatic carbocycles. The first-order valence-corrected chi connectivity index (χ1v) is 4.35. The number of para-hydroxylation sites is 1. The molecule has 0 aliphatic carbocycles. The number of nitrogens with zero attached hydrogens (tertiary/aromatic N) is 1. The summed E-state index contributed by atoms with van der Waals surface area (Å²) in [5.74, 6) is -0.339. The number of alkyl halides is 3. The topological polar surface area (TPSA) is 23.5 Å². The molecule has 5 heteroatoms. The van der Waals surface area contributed by atoms with Crippen molar-refractivity contribution in [2.45, 2.75) is 12.2 Å². The van der Waals surface area contributed by atoms with Gasteiger partial charge in [0.1, 0.15) is 11.8 Å². The number of hydrogen-bond acceptors (Lipinski definition) is 2. The Balaban J connectivity index is 3.17. The van der Waals surface area contributed by atoms with E-state index in [4.69, 9.17) is 0 Å². The van der Waals surface area contributed by atoms with E-state index >= 15 is 0 Å². The molecule has 2 nitrogen and oxygen atoms in total. The molecule has 0 saturated carbocycles. The molecule has 0 radical (unpaired) electrons. The van der Waals surface area contributed by atoms with Gasteiger partial charge in [0.05, 0.1) is 0 Å². The molecule has 0 spiro atoms. The zero-order chi connectivity index (χ0) is 11.6. The molecule has 0 saturated heterocycles. The molecule has 1 unspecified atom stereocenters. The maximum absolute atomic E-state index is 12.7. The van der Waals surface area contributed by atoms with Gasteiger partial charge in [-0.3, -0.25) is 4.90 Å². The molecule has 0 aliphatic heterocycles. The third-order valence-corrected chi connectivity index (χ3v) is 2.06. The van der Waals surface area contributed by atoms with Crippen LogP contribution in [0.2, 0.25) is 0 Å². The predicted molar refractivity (Wildman–Crippen MR) is 50.6 cm³/mol. The van der Waals surface area contributed by atoms with Crippen LogP contribution in [0.1, 0.15) is 11.6 Å². The van der Waals surface area contributed by atoms with Gasteiger partial charge in [-0.25, -0.2) is 0 Å². The monoisotopic (exact) mass is 219 g/mol. The van der Waals surface area contributed by atoms with Crippen molar-refractivity contribution in [2.24, 2.45) is 0 Å². The second-order valence-electron chi connectivity index (χ2n) is 3.47. The number of phenolic OH excluding ortho intramolecular Hbond substituents is 1. The molecule has 0 aliphatic rings. The highest BCUT2D eigenvalue weighted by atomic mass is 19.4. The number of aromatic hydroxyl groups is 1. The highest BCUT2D eigenvalue weighted by Crippen LogP contribution is 2.39. The van der Waals surface area contributed by atoms with Crippen LogP contribution in [-0.4, -0.2) is 30.3 Å². The smallest absolute Gasteiger partial charge is 0.408 e. The summed E-state index contributed by atoms with van der Waals surface area (Å²) < 4.78 is 38.1. The Morgan fingerprint density at radius 1 is 1.20 bits per heavy atom. The first kappa shape index (κ1) is 11.8. The zero-order valence-corrected chi connectivity index (χ0v) is 8.42. The summed E-state index contributed by atoms with van der Waals surface area (Å²) in [5, 5.41) is 9.37. The molecular formula is C10H12F3NO. The second-order valence-corrected chi connectivity index (χ2v) is 3.47. The molecule has 1 atom stereocenters. The third-order valence-electron chi connectivity index (χ3n) is 2.06. The highest BCUT2D eigenvalue weighted by molar-refractivity contribution is 5.35. The van der Waals surface area contributed by atoms with Gasteiger partial charge in [-0.2, -0.15) is 13.2 Å². The Labute approximate surface area is 85.9 Å². The molecule has 15 heavy (non-hydrogen) atoms. The summed E-state index contributed by atoms with van der Waals surface area (Å²) in [6, 6.07) is 3.70. The largest absolute Gasteiger partial charge is 0.508 e. The van der Waals surface area contributed by atoms with E-state index in [9.17, 15) is 18.3 Å². The van der Waals surface area contributed by atoms with Crippen LogP contribution < -0.4 is 0 Å². The minimum absolute atomic E-state index is 0.130. The van der Waals surface area contributed by atoms with E-state index in [1.807, 2.05) is 0 Å². The van der Waals surface area contributed by atoms with Crippen LogP contribution in [0.4, 0.5) is 13.2 Å². The van der Waals surface area contributed by atoms with Crippen LogP contribution in [0.25, 0.3) is 0 Å². The van der Waals surface area contributed by atoms with Crippen molar-refractivity contribution < 1.29 is 18.3 Å². The highest BCUT2D eigenvalue weighted by Gasteiger charge is 2.43. The Hall–Kier alpha value is -1.23. The summed E-state index contributed by atoms with van der Waals surface area (Å²) in [5.41, 5.74) is -0.130. The summed E-state index contributed by atoms with van der Waals surface area (Å²) in [4.78, 5) is 1.02. The zero-order valence-electron chi connectivity index (χ0n) is 8.42. The second kappa shape index (κ2) is 4.10. The standard InChI is InChI=1S/C10H12F3NO/c1-14(2)9(10(11,12)13)7-5-3-4-6-8(7)15/h3-6,9,15H,1-2H3. The van der Waals surface area contributed by atoms with E-state index in [1.54, 1.807) is 0 Å². The molecule has 0 aromatic heterocycles. The molecular weight excluding hydrogens is 207 g/mol. The normalized spacial score (nSPS) is 14.3. The Morgan fingerprint density at radius 2 is 1.73 bits per heavy atom. The van der Waals surface area contributed by atoms with Gasteiger partial charge in [-0.15, -0.1) is 0 Å². The van der Waals surface area contributed by atoms with Gasteiger partial charge in [0.25, 0.3) is 0 Å². The minimum atomic E-state index is -4.40. The van der Waals surface area contributed by atoms with Crippen LogP contribution >= 0.6 is 0 Å². The quantitative estimate of drug-likeness (QED) is 0.826. The lowest BCUT2D eigenvalue weighted by Crippen LogP contribution is -2.33.